The summed E-state index contributed by atoms with van der Waals surface area (Å²) in [4.78, 5) is 12.6. The zero-order valence-electron chi connectivity index (χ0n) is 13.9. The molecule has 3 atom stereocenters. The van der Waals surface area contributed by atoms with Gasteiger partial charge in [0.1, 0.15) is 17.5 Å². The second-order valence-corrected chi connectivity index (χ2v) is 7.26. The fourth-order valence-corrected chi connectivity index (χ4v) is 4.60. The molecule has 1 heterocycles. The molecule has 3 heteroatoms. The molecule has 2 aliphatic carbocycles. The van der Waals surface area contributed by atoms with Gasteiger partial charge >= 0.3 is 0 Å². The van der Waals surface area contributed by atoms with E-state index < -0.39 is 12.0 Å². The largest absolute Gasteiger partial charge is 0.497 e. The molecule has 1 saturated carbocycles. The summed E-state index contributed by atoms with van der Waals surface area (Å²) in [7, 11) is 0. The highest BCUT2D eigenvalue weighted by molar-refractivity contribution is 5.84. The van der Waals surface area contributed by atoms with E-state index in [0.717, 1.165) is 19.3 Å². The lowest BCUT2D eigenvalue weighted by Gasteiger charge is -2.52. The van der Waals surface area contributed by atoms with Crippen LogP contribution in [0.2, 0.25) is 0 Å². The number of ether oxygens (including phenoxy) is 1. The normalized spacial score (nSPS) is 31.8. The van der Waals surface area contributed by atoms with E-state index in [1.807, 2.05) is 24.3 Å². The number of aliphatic hydroxyl groups excluding tert-OH is 1. The highest BCUT2D eigenvalue weighted by Gasteiger charge is 2.53. The van der Waals surface area contributed by atoms with Gasteiger partial charge in [-0.15, -0.1) is 0 Å². The molecule has 2 fully saturated rings. The van der Waals surface area contributed by atoms with Gasteiger partial charge in [0.2, 0.25) is 0 Å². The number of hydrogen-bond acceptors (Lipinski definition) is 3. The Balaban J connectivity index is 1.69. The molecule has 3 unspecified atom stereocenters. The highest BCUT2D eigenvalue weighted by atomic mass is 16.5. The van der Waals surface area contributed by atoms with Crippen molar-refractivity contribution in [2.75, 3.05) is 6.61 Å². The first-order valence-electron chi connectivity index (χ1n) is 8.98. The van der Waals surface area contributed by atoms with E-state index in [2.05, 4.69) is 24.3 Å². The van der Waals surface area contributed by atoms with Gasteiger partial charge in [0.15, 0.2) is 0 Å². The molecule has 3 aliphatic rings. The van der Waals surface area contributed by atoms with Crippen LogP contribution in [-0.2, 0) is 14.9 Å². The van der Waals surface area contributed by atoms with Crippen LogP contribution in [0.1, 0.15) is 37.7 Å². The minimum absolute atomic E-state index is 0.0249. The van der Waals surface area contributed by atoms with Crippen molar-refractivity contribution in [1.82, 2.24) is 0 Å². The molecule has 4 rings (SSSR count). The average molecular weight is 324 g/mol. The Kier molecular flexibility index (Phi) is 4.05. The molecule has 126 valence electrons. The average Bonchev–Trinajstić information content (AvgIpc) is 2.54. The number of fused-ring (bicyclic) bond motifs is 1. The number of allylic oxidation sites excluding steroid dienone is 3. The Morgan fingerprint density at radius 2 is 1.96 bits per heavy atom. The molecule has 0 aromatic heterocycles. The van der Waals surface area contributed by atoms with Crippen molar-refractivity contribution in [2.45, 2.75) is 43.6 Å². The van der Waals surface area contributed by atoms with Crippen LogP contribution in [0.3, 0.4) is 0 Å². The van der Waals surface area contributed by atoms with E-state index in [1.165, 1.54) is 12.0 Å². The van der Waals surface area contributed by atoms with Gasteiger partial charge in [-0.1, -0.05) is 48.9 Å². The second-order valence-electron chi connectivity index (χ2n) is 7.26. The van der Waals surface area contributed by atoms with Crippen LogP contribution in [0.4, 0.5) is 0 Å². The third-order valence-corrected chi connectivity index (χ3v) is 6.09. The number of carbonyl (C=O) groups excluding carboxylic acids is 1. The molecule has 1 saturated heterocycles. The van der Waals surface area contributed by atoms with E-state index >= 15 is 0 Å². The van der Waals surface area contributed by atoms with Crippen molar-refractivity contribution in [3.05, 3.63) is 59.9 Å². The van der Waals surface area contributed by atoms with E-state index in [4.69, 9.17) is 4.74 Å². The number of benzene rings is 1. The summed E-state index contributed by atoms with van der Waals surface area (Å²) in [6, 6.07) is 10.4. The maximum Gasteiger partial charge on any atom is 0.146 e. The first-order chi connectivity index (χ1) is 11.7. The molecule has 0 spiro atoms. The summed E-state index contributed by atoms with van der Waals surface area (Å²) >= 11 is 0. The fraction of sp³-hybridized carbons (Fsp3) is 0.476. The first kappa shape index (κ1) is 15.6. The minimum Gasteiger partial charge on any atom is -0.497 e. The summed E-state index contributed by atoms with van der Waals surface area (Å²) in [5, 5.41) is 11.1. The molecule has 0 amide bonds. The van der Waals surface area contributed by atoms with Crippen molar-refractivity contribution in [3.63, 3.8) is 0 Å². The molecule has 1 N–H and O–H groups in total. The highest BCUT2D eigenvalue weighted by Crippen LogP contribution is 2.53. The van der Waals surface area contributed by atoms with Gasteiger partial charge in [-0.25, -0.2) is 0 Å². The van der Waals surface area contributed by atoms with Crippen molar-refractivity contribution < 1.29 is 14.6 Å². The first-order valence-corrected chi connectivity index (χ1v) is 8.98. The Morgan fingerprint density at radius 3 is 2.67 bits per heavy atom. The number of carbonyl (C=O) groups is 1. The molecular weight excluding hydrogens is 300 g/mol. The smallest absolute Gasteiger partial charge is 0.146 e. The van der Waals surface area contributed by atoms with Crippen molar-refractivity contribution >= 4 is 5.78 Å². The van der Waals surface area contributed by atoms with Gasteiger partial charge in [-0.3, -0.25) is 4.79 Å². The predicted octanol–water partition coefficient (Wildman–Crippen LogP) is 3.53. The maximum atomic E-state index is 12.6. The number of ketones is 1. The van der Waals surface area contributed by atoms with Crippen LogP contribution < -0.4 is 0 Å². The third kappa shape index (κ3) is 2.42. The molecule has 1 aliphatic heterocycles. The van der Waals surface area contributed by atoms with Gasteiger partial charge in [0.25, 0.3) is 0 Å². The van der Waals surface area contributed by atoms with E-state index in [9.17, 15) is 9.90 Å². The SMILES string of the molecule is O=C1CCC=CC=C2OCC(C3(c4ccccc4)CCC3)C(O)C12. The molecule has 3 nitrogen and oxygen atoms in total. The zero-order valence-corrected chi connectivity index (χ0v) is 13.9. The van der Waals surface area contributed by atoms with Gasteiger partial charge in [-0.05, 0) is 30.9 Å². The summed E-state index contributed by atoms with van der Waals surface area (Å²) in [5.74, 6) is 0.214. The summed E-state index contributed by atoms with van der Waals surface area (Å²) in [5.41, 5.74) is 1.22. The number of hydrogen-bond donors (Lipinski definition) is 1. The van der Waals surface area contributed by atoms with Crippen LogP contribution in [-0.4, -0.2) is 23.6 Å². The Hall–Kier alpha value is -1.87. The number of rotatable bonds is 2. The lowest BCUT2D eigenvalue weighted by atomic mass is 9.54. The van der Waals surface area contributed by atoms with Crippen LogP contribution in [0, 0.1) is 11.8 Å². The zero-order chi connectivity index (χ0) is 16.6. The fourth-order valence-electron chi connectivity index (χ4n) is 4.60. The summed E-state index contributed by atoms with van der Waals surface area (Å²) < 4.78 is 6.00. The van der Waals surface area contributed by atoms with Crippen LogP contribution in [0.25, 0.3) is 0 Å². The predicted molar refractivity (Wildman–Crippen MR) is 92.4 cm³/mol. The second kappa shape index (κ2) is 6.21. The quantitative estimate of drug-likeness (QED) is 0.905. The molecule has 24 heavy (non-hydrogen) atoms. The van der Waals surface area contributed by atoms with Crippen LogP contribution >= 0.6 is 0 Å². The summed E-state index contributed by atoms with van der Waals surface area (Å²) in [6.07, 6.45) is 9.62. The van der Waals surface area contributed by atoms with Gasteiger partial charge in [0.05, 0.1) is 12.7 Å². The number of Topliss-reactive ketones (excluding diaryl/α,β-unsaturated/α-hetero) is 1. The van der Waals surface area contributed by atoms with E-state index in [-0.39, 0.29) is 17.1 Å². The Bertz CT molecular complexity index is 670. The molecule has 1 aromatic rings. The van der Waals surface area contributed by atoms with Crippen molar-refractivity contribution in [1.29, 1.82) is 0 Å². The van der Waals surface area contributed by atoms with Crippen molar-refractivity contribution in [2.24, 2.45) is 11.8 Å². The third-order valence-electron chi connectivity index (χ3n) is 6.09. The monoisotopic (exact) mass is 324 g/mol. The van der Waals surface area contributed by atoms with Crippen molar-refractivity contribution in [3.8, 4) is 0 Å². The molecule has 1 aromatic carbocycles. The van der Waals surface area contributed by atoms with Gasteiger partial charge < -0.3 is 9.84 Å². The minimum atomic E-state index is -0.662. The lowest BCUT2D eigenvalue weighted by molar-refractivity contribution is -0.138. The molecule has 0 bridgehead atoms. The Morgan fingerprint density at radius 1 is 1.17 bits per heavy atom. The van der Waals surface area contributed by atoms with E-state index in [0.29, 0.717) is 18.8 Å². The van der Waals surface area contributed by atoms with Crippen LogP contribution in [0.15, 0.2) is 54.3 Å². The summed E-state index contributed by atoms with van der Waals surface area (Å²) in [6.45, 7) is 0.486. The maximum absolute atomic E-state index is 12.6. The topological polar surface area (TPSA) is 46.5 Å². The van der Waals surface area contributed by atoms with E-state index in [1.54, 1.807) is 0 Å². The Labute approximate surface area is 143 Å². The lowest BCUT2D eigenvalue weighted by Crippen LogP contribution is -2.55. The van der Waals surface area contributed by atoms with Gasteiger partial charge in [0, 0.05) is 17.8 Å². The number of aliphatic hydroxyl groups is 1. The molecular formula is C21H24O3. The molecule has 0 radical (unpaired) electrons. The van der Waals surface area contributed by atoms with Gasteiger partial charge in [-0.2, -0.15) is 0 Å². The standard InChI is InChI=1S/C21H24O3/c22-17-10-5-2-6-11-18-19(17)20(23)16(14-24-18)21(12-7-13-21)15-8-3-1-4-9-15/h1-4,6,8-9,11,16,19-20,23H,5,7,10,12-14H2. The van der Waals surface area contributed by atoms with Crippen LogP contribution in [0.5, 0.6) is 0 Å².